The number of nitrogens with one attached hydrogen (secondary N) is 1. The van der Waals surface area contributed by atoms with Gasteiger partial charge in [0.25, 0.3) is 0 Å². The molecule has 21 heavy (non-hydrogen) atoms. The molecule has 0 fully saturated rings. The fraction of sp³-hybridized carbons (Fsp3) is 0.231. The summed E-state index contributed by atoms with van der Waals surface area (Å²) in [6, 6.07) is 4.68. The van der Waals surface area contributed by atoms with Gasteiger partial charge in [-0.3, -0.25) is 0 Å². The standard InChI is InChI=1S/C13H14FNO5S/c1-19-12-3-2-10(14)6-13(12)21(17,18)15-7-11(16)9-4-5-20-8-9/h2-6,8,11,15-16H,7H2,1H3/t11-/m1/s1. The summed E-state index contributed by atoms with van der Waals surface area (Å²) in [5, 5.41) is 9.81. The summed E-state index contributed by atoms with van der Waals surface area (Å²) in [5.74, 6) is -0.687. The van der Waals surface area contributed by atoms with Crippen LogP contribution in [0.5, 0.6) is 5.75 Å². The van der Waals surface area contributed by atoms with E-state index in [0.29, 0.717) is 5.56 Å². The van der Waals surface area contributed by atoms with E-state index in [2.05, 4.69) is 4.72 Å². The third-order valence-electron chi connectivity index (χ3n) is 2.81. The van der Waals surface area contributed by atoms with Crippen LogP contribution in [0.15, 0.2) is 46.1 Å². The number of furan rings is 1. The second-order valence-corrected chi connectivity index (χ2v) is 5.95. The van der Waals surface area contributed by atoms with Crippen molar-refractivity contribution in [2.75, 3.05) is 13.7 Å². The van der Waals surface area contributed by atoms with Crippen LogP contribution in [-0.4, -0.2) is 27.2 Å². The molecule has 2 aromatic rings. The highest BCUT2D eigenvalue weighted by atomic mass is 32.2. The Morgan fingerprint density at radius 2 is 2.19 bits per heavy atom. The lowest BCUT2D eigenvalue weighted by molar-refractivity contribution is 0.181. The number of aliphatic hydroxyl groups is 1. The van der Waals surface area contributed by atoms with Gasteiger partial charge in [-0.05, 0) is 24.3 Å². The normalized spacial score (nSPS) is 13.1. The molecule has 0 spiro atoms. The molecule has 0 aliphatic rings. The Kier molecular flexibility index (Phi) is 4.61. The van der Waals surface area contributed by atoms with Gasteiger partial charge in [0.05, 0.1) is 25.7 Å². The minimum atomic E-state index is -4.02. The summed E-state index contributed by atoms with van der Waals surface area (Å²) in [4.78, 5) is -0.329. The first-order valence-electron chi connectivity index (χ1n) is 5.97. The van der Waals surface area contributed by atoms with Crippen LogP contribution in [0.2, 0.25) is 0 Å². The molecule has 0 bridgehead atoms. The highest BCUT2D eigenvalue weighted by molar-refractivity contribution is 7.89. The van der Waals surface area contributed by atoms with Crippen molar-refractivity contribution in [3.63, 3.8) is 0 Å². The van der Waals surface area contributed by atoms with Crippen LogP contribution in [0.3, 0.4) is 0 Å². The van der Waals surface area contributed by atoms with E-state index < -0.39 is 21.9 Å². The predicted molar refractivity (Wildman–Crippen MR) is 71.8 cm³/mol. The quantitative estimate of drug-likeness (QED) is 0.842. The Bertz CT molecular complexity index is 699. The van der Waals surface area contributed by atoms with Crippen LogP contribution < -0.4 is 9.46 Å². The first kappa shape index (κ1) is 15.5. The van der Waals surface area contributed by atoms with E-state index in [1.807, 2.05) is 0 Å². The molecule has 0 radical (unpaired) electrons. The zero-order valence-electron chi connectivity index (χ0n) is 11.1. The van der Waals surface area contributed by atoms with E-state index in [0.717, 1.165) is 12.1 Å². The average molecular weight is 315 g/mol. The third-order valence-corrected chi connectivity index (χ3v) is 4.25. The molecule has 8 heteroatoms. The monoisotopic (exact) mass is 315 g/mol. The largest absolute Gasteiger partial charge is 0.495 e. The first-order valence-corrected chi connectivity index (χ1v) is 7.45. The van der Waals surface area contributed by atoms with Crippen molar-refractivity contribution in [2.24, 2.45) is 0 Å². The number of benzene rings is 1. The van der Waals surface area contributed by atoms with Gasteiger partial charge in [-0.1, -0.05) is 0 Å². The van der Waals surface area contributed by atoms with Gasteiger partial charge in [0.2, 0.25) is 10.0 Å². The number of halogens is 1. The molecule has 0 aliphatic heterocycles. The van der Waals surface area contributed by atoms with Crippen molar-refractivity contribution in [3.05, 3.63) is 48.2 Å². The Hall–Kier alpha value is -1.90. The van der Waals surface area contributed by atoms with Crippen LogP contribution in [0.1, 0.15) is 11.7 Å². The lowest BCUT2D eigenvalue weighted by Crippen LogP contribution is -2.28. The molecule has 1 aromatic carbocycles. The van der Waals surface area contributed by atoms with Crippen molar-refractivity contribution < 1.29 is 27.1 Å². The molecule has 2 rings (SSSR count). The second-order valence-electron chi connectivity index (χ2n) is 4.22. The Morgan fingerprint density at radius 3 is 2.81 bits per heavy atom. The fourth-order valence-electron chi connectivity index (χ4n) is 1.71. The van der Waals surface area contributed by atoms with E-state index in [4.69, 9.17) is 9.15 Å². The smallest absolute Gasteiger partial charge is 0.244 e. The van der Waals surface area contributed by atoms with Crippen molar-refractivity contribution >= 4 is 10.0 Å². The second kappa shape index (κ2) is 6.25. The van der Waals surface area contributed by atoms with E-state index in [9.17, 15) is 17.9 Å². The maximum atomic E-state index is 13.2. The number of rotatable bonds is 6. The summed E-state index contributed by atoms with van der Waals surface area (Å²) in [7, 11) is -2.73. The number of ether oxygens (including phenoxy) is 1. The summed E-state index contributed by atoms with van der Waals surface area (Å²) < 4.78 is 49.4. The van der Waals surface area contributed by atoms with Crippen molar-refractivity contribution in [3.8, 4) is 5.75 Å². The highest BCUT2D eigenvalue weighted by Crippen LogP contribution is 2.24. The Labute approximate surface area is 121 Å². The molecule has 0 unspecified atom stereocenters. The molecule has 1 heterocycles. The van der Waals surface area contributed by atoms with E-state index >= 15 is 0 Å². The van der Waals surface area contributed by atoms with E-state index in [1.54, 1.807) is 0 Å². The molecule has 6 nitrogen and oxygen atoms in total. The summed E-state index contributed by atoms with van der Waals surface area (Å²) >= 11 is 0. The molecule has 1 aromatic heterocycles. The molecular weight excluding hydrogens is 301 g/mol. The fourth-order valence-corrected chi connectivity index (χ4v) is 2.93. The molecule has 0 saturated carbocycles. The number of methoxy groups -OCH3 is 1. The molecular formula is C13H14FNO5S. The van der Waals surface area contributed by atoms with E-state index in [-0.39, 0.29) is 17.2 Å². The zero-order chi connectivity index (χ0) is 15.5. The van der Waals surface area contributed by atoms with Crippen LogP contribution in [0.25, 0.3) is 0 Å². The topological polar surface area (TPSA) is 88.8 Å². The van der Waals surface area contributed by atoms with Gasteiger partial charge in [-0.25, -0.2) is 17.5 Å². The maximum absolute atomic E-state index is 13.2. The summed E-state index contributed by atoms with van der Waals surface area (Å²) in [5.41, 5.74) is 0.434. The number of aliphatic hydroxyl groups excluding tert-OH is 1. The van der Waals surface area contributed by atoms with Crippen LogP contribution in [-0.2, 0) is 10.0 Å². The lowest BCUT2D eigenvalue weighted by atomic mass is 10.2. The van der Waals surface area contributed by atoms with Gasteiger partial charge in [0.1, 0.15) is 16.5 Å². The molecule has 0 saturated heterocycles. The maximum Gasteiger partial charge on any atom is 0.244 e. The number of hydrogen-bond acceptors (Lipinski definition) is 5. The molecule has 1 atom stereocenters. The van der Waals surface area contributed by atoms with Crippen molar-refractivity contribution in [2.45, 2.75) is 11.0 Å². The first-order chi connectivity index (χ1) is 9.94. The van der Waals surface area contributed by atoms with Gasteiger partial charge in [0, 0.05) is 12.1 Å². The Morgan fingerprint density at radius 1 is 1.43 bits per heavy atom. The number of hydrogen-bond donors (Lipinski definition) is 2. The van der Waals surface area contributed by atoms with Gasteiger partial charge in [0.15, 0.2) is 0 Å². The molecule has 114 valence electrons. The van der Waals surface area contributed by atoms with Gasteiger partial charge in [-0.15, -0.1) is 0 Å². The zero-order valence-corrected chi connectivity index (χ0v) is 11.9. The molecule has 0 aliphatic carbocycles. The van der Waals surface area contributed by atoms with Crippen molar-refractivity contribution in [1.29, 1.82) is 0 Å². The van der Waals surface area contributed by atoms with Gasteiger partial charge >= 0.3 is 0 Å². The van der Waals surface area contributed by atoms with Gasteiger partial charge in [-0.2, -0.15) is 0 Å². The van der Waals surface area contributed by atoms with Crippen LogP contribution in [0, 0.1) is 5.82 Å². The number of sulfonamides is 1. The van der Waals surface area contributed by atoms with Gasteiger partial charge < -0.3 is 14.3 Å². The highest BCUT2D eigenvalue weighted by Gasteiger charge is 2.22. The minimum Gasteiger partial charge on any atom is -0.495 e. The average Bonchev–Trinajstić information content (AvgIpc) is 2.99. The SMILES string of the molecule is COc1ccc(F)cc1S(=O)(=O)NC[C@@H](O)c1ccoc1. The van der Waals surface area contributed by atoms with Crippen molar-refractivity contribution in [1.82, 2.24) is 4.72 Å². The lowest BCUT2D eigenvalue weighted by Gasteiger charge is -2.13. The summed E-state index contributed by atoms with van der Waals surface area (Å²) in [6.45, 7) is -0.276. The molecule has 0 amide bonds. The van der Waals surface area contributed by atoms with Crippen LogP contribution >= 0.6 is 0 Å². The van der Waals surface area contributed by atoms with Crippen LogP contribution in [0.4, 0.5) is 4.39 Å². The molecule has 2 N–H and O–H groups in total. The third kappa shape index (κ3) is 3.60. The summed E-state index contributed by atoms with van der Waals surface area (Å²) in [6.07, 6.45) is 1.60. The Balaban J connectivity index is 2.17. The van der Waals surface area contributed by atoms with E-state index in [1.165, 1.54) is 31.8 Å². The predicted octanol–water partition coefficient (Wildman–Crippen LogP) is 1.44. The minimum absolute atomic E-state index is 0.0155.